The molecule has 0 aliphatic rings. The Morgan fingerprint density at radius 3 is 1.57 bits per heavy atom. The molecular formula is C16H15NO5S. The number of amides is 2. The summed E-state index contributed by atoms with van der Waals surface area (Å²) in [5, 5.41) is 0. The van der Waals surface area contributed by atoms with E-state index in [1.165, 1.54) is 24.3 Å². The molecule has 120 valence electrons. The number of imide groups is 1. The van der Waals surface area contributed by atoms with Gasteiger partial charge in [-0.25, -0.2) is 0 Å². The first-order chi connectivity index (χ1) is 10.9. The van der Waals surface area contributed by atoms with Gasteiger partial charge in [0.25, 0.3) is 21.9 Å². The average Bonchev–Trinajstić information content (AvgIpc) is 2.55. The Morgan fingerprint density at radius 2 is 1.22 bits per heavy atom. The third-order valence-corrected chi connectivity index (χ3v) is 3.80. The van der Waals surface area contributed by atoms with Crippen LogP contribution in [-0.4, -0.2) is 42.0 Å². The molecule has 0 aromatic heterocycles. The van der Waals surface area contributed by atoms with Crippen molar-refractivity contribution in [1.29, 1.82) is 0 Å². The van der Waals surface area contributed by atoms with Crippen LogP contribution in [0.15, 0.2) is 60.7 Å². The summed E-state index contributed by atoms with van der Waals surface area (Å²) in [5.74, 6) is -1.96. The molecule has 0 bridgehead atoms. The van der Waals surface area contributed by atoms with E-state index in [0.717, 1.165) is 4.90 Å². The highest BCUT2D eigenvalue weighted by Crippen LogP contribution is 2.10. The summed E-state index contributed by atoms with van der Waals surface area (Å²) in [5.41, 5.74) is 0.513. The van der Waals surface area contributed by atoms with E-state index in [1.54, 1.807) is 36.4 Å². The molecule has 0 radical (unpaired) electrons. The van der Waals surface area contributed by atoms with Crippen molar-refractivity contribution < 1.29 is 22.6 Å². The maximum Gasteiger partial charge on any atom is 0.266 e. The van der Waals surface area contributed by atoms with E-state index < -0.39 is 34.2 Å². The van der Waals surface area contributed by atoms with Gasteiger partial charge in [-0.2, -0.15) is 8.42 Å². The first-order valence-electron chi connectivity index (χ1n) is 6.80. The molecule has 6 nitrogen and oxygen atoms in total. The fourth-order valence-electron chi connectivity index (χ4n) is 1.98. The summed E-state index contributed by atoms with van der Waals surface area (Å²) in [6, 6.07) is 16.1. The van der Waals surface area contributed by atoms with Crippen LogP contribution in [0.5, 0.6) is 0 Å². The number of benzene rings is 2. The van der Waals surface area contributed by atoms with E-state index in [4.69, 9.17) is 4.55 Å². The van der Waals surface area contributed by atoms with Crippen molar-refractivity contribution in [2.75, 3.05) is 12.3 Å². The monoisotopic (exact) mass is 333 g/mol. The lowest BCUT2D eigenvalue weighted by molar-refractivity contribution is 0.0626. The van der Waals surface area contributed by atoms with Gasteiger partial charge in [-0.3, -0.25) is 19.0 Å². The average molecular weight is 333 g/mol. The number of carbonyl (C=O) groups excluding carboxylic acids is 2. The van der Waals surface area contributed by atoms with Crippen molar-refractivity contribution in [1.82, 2.24) is 4.90 Å². The normalized spacial score (nSPS) is 11.0. The molecule has 0 saturated carbocycles. The molecule has 2 aromatic carbocycles. The zero-order valence-electron chi connectivity index (χ0n) is 12.1. The van der Waals surface area contributed by atoms with Gasteiger partial charge < -0.3 is 0 Å². The second-order valence-corrected chi connectivity index (χ2v) is 6.35. The van der Waals surface area contributed by atoms with E-state index in [9.17, 15) is 18.0 Å². The first-order valence-corrected chi connectivity index (χ1v) is 8.41. The maximum absolute atomic E-state index is 12.5. The van der Waals surface area contributed by atoms with Crippen molar-refractivity contribution in [3.63, 3.8) is 0 Å². The van der Waals surface area contributed by atoms with Crippen molar-refractivity contribution in [2.45, 2.75) is 0 Å². The first kappa shape index (κ1) is 16.9. The number of carbonyl (C=O) groups is 2. The Labute approximate surface area is 134 Å². The predicted octanol–water partition coefficient (Wildman–Crippen LogP) is 1.86. The lowest BCUT2D eigenvalue weighted by Crippen LogP contribution is -2.40. The lowest BCUT2D eigenvalue weighted by Gasteiger charge is -2.20. The summed E-state index contributed by atoms with van der Waals surface area (Å²) in [7, 11) is -4.30. The van der Waals surface area contributed by atoms with E-state index in [2.05, 4.69) is 0 Å². The largest absolute Gasteiger partial charge is 0.285 e. The second-order valence-electron chi connectivity index (χ2n) is 4.78. The molecule has 2 amide bonds. The van der Waals surface area contributed by atoms with Crippen LogP contribution in [-0.2, 0) is 10.1 Å². The van der Waals surface area contributed by atoms with Crippen LogP contribution in [0.1, 0.15) is 20.7 Å². The van der Waals surface area contributed by atoms with E-state index in [1.807, 2.05) is 0 Å². The number of hydrogen-bond donors (Lipinski definition) is 1. The van der Waals surface area contributed by atoms with Gasteiger partial charge in [0, 0.05) is 17.7 Å². The fourth-order valence-corrected chi connectivity index (χ4v) is 2.39. The van der Waals surface area contributed by atoms with Gasteiger partial charge in [0.15, 0.2) is 0 Å². The van der Waals surface area contributed by atoms with Crippen molar-refractivity contribution in [2.24, 2.45) is 0 Å². The van der Waals surface area contributed by atoms with Gasteiger partial charge in [0.05, 0.1) is 5.75 Å². The van der Waals surface area contributed by atoms with E-state index >= 15 is 0 Å². The molecule has 0 fully saturated rings. The van der Waals surface area contributed by atoms with Gasteiger partial charge in [0.1, 0.15) is 0 Å². The number of rotatable bonds is 5. The molecule has 2 rings (SSSR count). The molecule has 1 N–H and O–H groups in total. The quantitative estimate of drug-likeness (QED) is 0.666. The van der Waals surface area contributed by atoms with Gasteiger partial charge >= 0.3 is 0 Å². The van der Waals surface area contributed by atoms with Crippen LogP contribution in [0.3, 0.4) is 0 Å². The second kappa shape index (κ2) is 7.17. The summed E-state index contributed by atoms with van der Waals surface area (Å²) < 4.78 is 30.8. The molecule has 2 aromatic rings. The molecule has 0 spiro atoms. The van der Waals surface area contributed by atoms with Crippen molar-refractivity contribution in [3.05, 3.63) is 71.8 Å². The Hall–Kier alpha value is -2.51. The van der Waals surface area contributed by atoms with Crippen LogP contribution in [0.2, 0.25) is 0 Å². The molecule has 0 unspecified atom stereocenters. The van der Waals surface area contributed by atoms with Crippen LogP contribution in [0.25, 0.3) is 0 Å². The molecule has 7 heteroatoms. The Balaban J connectivity index is 2.32. The Morgan fingerprint density at radius 1 is 0.826 bits per heavy atom. The van der Waals surface area contributed by atoms with Crippen molar-refractivity contribution in [3.8, 4) is 0 Å². The minimum atomic E-state index is -4.30. The molecule has 0 aliphatic carbocycles. The summed E-state index contributed by atoms with van der Waals surface area (Å²) >= 11 is 0. The topological polar surface area (TPSA) is 91.8 Å². The maximum atomic E-state index is 12.5. The van der Waals surface area contributed by atoms with Crippen LogP contribution < -0.4 is 0 Å². The molecule has 0 aliphatic heterocycles. The van der Waals surface area contributed by atoms with E-state index in [0.29, 0.717) is 0 Å². The van der Waals surface area contributed by atoms with Crippen molar-refractivity contribution >= 4 is 21.9 Å². The van der Waals surface area contributed by atoms with Gasteiger partial charge in [-0.1, -0.05) is 36.4 Å². The standard InChI is InChI=1S/C16H15NO5S/c18-15(13-7-3-1-4-8-13)17(11-12-23(20,21)22)16(19)14-9-5-2-6-10-14/h1-10H,11-12H2,(H,20,21,22). The lowest BCUT2D eigenvalue weighted by atomic mass is 10.1. The Bertz CT molecular complexity index is 736. The van der Waals surface area contributed by atoms with Gasteiger partial charge in [-0.15, -0.1) is 0 Å². The van der Waals surface area contributed by atoms with Gasteiger partial charge in [-0.05, 0) is 24.3 Å². The zero-order valence-corrected chi connectivity index (χ0v) is 12.9. The van der Waals surface area contributed by atoms with E-state index in [-0.39, 0.29) is 11.1 Å². The molecule has 0 atom stereocenters. The summed E-state index contributed by atoms with van der Waals surface area (Å²) in [6.07, 6.45) is 0. The highest BCUT2D eigenvalue weighted by Gasteiger charge is 2.25. The minimum absolute atomic E-state index is 0.257. The molecule has 23 heavy (non-hydrogen) atoms. The zero-order chi connectivity index (χ0) is 16.9. The van der Waals surface area contributed by atoms with Crippen LogP contribution in [0, 0.1) is 0 Å². The fraction of sp³-hybridized carbons (Fsp3) is 0.125. The molecule has 0 heterocycles. The molecular weight excluding hydrogens is 318 g/mol. The Kier molecular flexibility index (Phi) is 5.25. The van der Waals surface area contributed by atoms with Crippen LogP contribution >= 0.6 is 0 Å². The summed E-state index contributed by atoms with van der Waals surface area (Å²) in [6.45, 7) is -0.430. The highest BCUT2D eigenvalue weighted by molar-refractivity contribution is 7.85. The third kappa shape index (κ3) is 4.73. The number of nitrogens with zero attached hydrogens (tertiary/aromatic N) is 1. The van der Waals surface area contributed by atoms with Crippen LogP contribution in [0.4, 0.5) is 0 Å². The number of hydrogen-bond acceptors (Lipinski definition) is 4. The minimum Gasteiger partial charge on any atom is -0.285 e. The molecule has 0 saturated heterocycles. The predicted molar refractivity (Wildman–Crippen MR) is 84.7 cm³/mol. The highest BCUT2D eigenvalue weighted by atomic mass is 32.2. The SMILES string of the molecule is O=C(c1ccccc1)N(CCS(=O)(=O)O)C(=O)c1ccccc1. The van der Waals surface area contributed by atoms with Gasteiger partial charge in [0.2, 0.25) is 0 Å². The third-order valence-electron chi connectivity index (χ3n) is 3.10. The smallest absolute Gasteiger partial charge is 0.266 e. The summed E-state index contributed by atoms with van der Waals surface area (Å²) in [4.78, 5) is 25.8.